The lowest BCUT2D eigenvalue weighted by Gasteiger charge is -2.00. The molecule has 0 fully saturated rings. The number of nitrogen functional groups attached to an aromatic ring is 1. The Kier molecular flexibility index (Phi) is 2.18. The zero-order valence-electron chi connectivity index (χ0n) is 5.82. The molecule has 0 aliphatic carbocycles. The fraction of sp³-hybridized carbons (Fsp3) is 0. The summed E-state index contributed by atoms with van der Waals surface area (Å²) in [7, 11) is 0. The van der Waals surface area contributed by atoms with E-state index in [4.69, 9.17) is 10.8 Å². The summed E-state index contributed by atoms with van der Waals surface area (Å²) in [5.41, 5.74) is 4.74. The van der Waals surface area contributed by atoms with E-state index in [1.165, 1.54) is 12.1 Å². The number of nitro groups is 1. The number of nitrogens with zero attached hydrogens (tertiary/aromatic N) is 1. The van der Waals surface area contributed by atoms with E-state index in [0.717, 1.165) is 0 Å². The molecule has 0 spiro atoms. The SMILES string of the molecule is Nc1c([N+](=O)[O-])ccc(Br)c1O. The third kappa shape index (κ3) is 1.33. The van der Waals surface area contributed by atoms with E-state index < -0.39 is 4.92 Å². The van der Waals surface area contributed by atoms with Gasteiger partial charge in [-0.3, -0.25) is 10.1 Å². The number of halogens is 1. The van der Waals surface area contributed by atoms with Gasteiger partial charge in [0.25, 0.3) is 5.69 Å². The molecule has 5 nitrogen and oxygen atoms in total. The van der Waals surface area contributed by atoms with Gasteiger partial charge in [-0.2, -0.15) is 0 Å². The summed E-state index contributed by atoms with van der Waals surface area (Å²) < 4.78 is 0.339. The van der Waals surface area contributed by atoms with Gasteiger partial charge in [0.05, 0.1) is 9.40 Å². The van der Waals surface area contributed by atoms with Crippen LogP contribution in [0.2, 0.25) is 0 Å². The number of benzene rings is 1. The van der Waals surface area contributed by atoms with Gasteiger partial charge in [0.15, 0.2) is 11.4 Å². The van der Waals surface area contributed by atoms with E-state index in [9.17, 15) is 10.1 Å². The highest BCUT2D eigenvalue weighted by atomic mass is 79.9. The summed E-state index contributed by atoms with van der Waals surface area (Å²) in [5, 5.41) is 19.4. The number of hydrogen-bond acceptors (Lipinski definition) is 4. The maximum atomic E-state index is 10.3. The largest absolute Gasteiger partial charge is 0.504 e. The summed E-state index contributed by atoms with van der Waals surface area (Å²) in [5.74, 6) is -0.302. The van der Waals surface area contributed by atoms with Gasteiger partial charge in [0.2, 0.25) is 0 Å². The second-order valence-electron chi connectivity index (χ2n) is 2.09. The Bertz CT molecular complexity index is 340. The predicted molar refractivity (Wildman–Crippen MR) is 46.9 cm³/mol. The first kappa shape index (κ1) is 8.79. The van der Waals surface area contributed by atoms with Crippen molar-refractivity contribution in [3.8, 4) is 5.75 Å². The summed E-state index contributed by atoms with van der Waals surface area (Å²) in [6, 6.07) is 2.59. The number of nitro benzene ring substituents is 1. The standard InChI is InChI=1S/C6H5BrN2O3/c7-3-1-2-4(9(11)12)5(8)6(3)10/h1-2,10H,8H2. The third-order valence-corrected chi connectivity index (χ3v) is 1.98. The Morgan fingerprint density at radius 2 is 2.17 bits per heavy atom. The highest BCUT2D eigenvalue weighted by Crippen LogP contribution is 2.36. The minimum Gasteiger partial charge on any atom is -0.504 e. The molecule has 0 amide bonds. The van der Waals surface area contributed by atoms with Crippen molar-refractivity contribution in [2.24, 2.45) is 0 Å². The van der Waals surface area contributed by atoms with Gasteiger partial charge >= 0.3 is 0 Å². The number of phenolic OH excluding ortho intramolecular Hbond substituents is 1. The van der Waals surface area contributed by atoms with Gasteiger partial charge in [-0.25, -0.2) is 0 Å². The maximum Gasteiger partial charge on any atom is 0.296 e. The number of hydrogen-bond donors (Lipinski definition) is 2. The molecular formula is C6H5BrN2O3. The highest BCUT2D eigenvalue weighted by Gasteiger charge is 2.16. The zero-order chi connectivity index (χ0) is 9.30. The number of phenols is 1. The monoisotopic (exact) mass is 232 g/mol. The molecule has 0 bridgehead atoms. The van der Waals surface area contributed by atoms with Gasteiger partial charge in [-0.15, -0.1) is 0 Å². The number of nitrogens with two attached hydrogens (primary N) is 1. The van der Waals surface area contributed by atoms with Crippen LogP contribution in [-0.4, -0.2) is 10.0 Å². The average molecular weight is 233 g/mol. The van der Waals surface area contributed by atoms with Gasteiger partial charge in [0, 0.05) is 6.07 Å². The van der Waals surface area contributed by atoms with E-state index in [-0.39, 0.29) is 17.1 Å². The smallest absolute Gasteiger partial charge is 0.296 e. The quantitative estimate of drug-likeness (QED) is 0.334. The van der Waals surface area contributed by atoms with Gasteiger partial charge in [-0.1, -0.05) is 0 Å². The molecule has 0 aliphatic heterocycles. The highest BCUT2D eigenvalue weighted by molar-refractivity contribution is 9.10. The van der Waals surface area contributed by atoms with E-state index in [1.54, 1.807) is 0 Å². The average Bonchev–Trinajstić information content (AvgIpc) is 2.00. The van der Waals surface area contributed by atoms with Crippen LogP contribution in [-0.2, 0) is 0 Å². The molecule has 1 aromatic rings. The van der Waals surface area contributed by atoms with Crippen LogP contribution >= 0.6 is 15.9 Å². The van der Waals surface area contributed by atoms with E-state index in [2.05, 4.69) is 15.9 Å². The van der Waals surface area contributed by atoms with Crippen LogP contribution in [0, 0.1) is 10.1 Å². The molecule has 6 heteroatoms. The Balaban J connectivity index is 3.36. The van der Waals surface area contributed by atoms with Crippen molar-refractivity contribution in [3.05, 3.63) is 26.7 Å². The van der Waals surface area contributed by atoms with Gasteiger partial charge in [0.1, 0.15) is 0 Å². The molecule has 0 saturated carbocycles. The van der Waals surface area contributed by atoms with Crippen molar-refractivity contribution in [2.45, 2.75) is 0 Å². The summed E-state index contributed by atoms with van der Waals surface area (Å²) in [4.78, 5) is 9.63. The van der Waals surface area contributed by atoms with Crippen LogP contribution in [0.1, 0.15) is 0 Å². The molecule has 1 aromatic carbocycles. The van der Waals surface area contributed by atoms with Crippen LogP contribution in [0.3, 0.4) is 0 Å². The van der Waals surface area contributed by atoms with Crippen molar-refractivity contribution in [2.75, 3.05) is 5.73 Å². The lowest BCUT2D eigenvalue weighted by Crippen LogP contribution is -1.95. The molecule has 0 aliphatic rings. The zero-order valence-corrected chi connectivity index (χ0v) is 7.41. The molecule has 0 heterocycles. The van der Waals surface area contributed by atoms with Crippen molar-refractivity contribution in [3.63, 3.8) is 0 Å². The maximum absolute atomic E-state index is 10.3. The fourth-order valence-corrected chi connectivity index (χ4v) is 1.08. The van der Waals surface area contributed by atoms with Crippen LogP contribution in [0.4, 0.5) is 11.4 Å². The third-order valence-electron chi connectivity index (χ3n) is 1.34. The van der Waals surface area contributed by atoms with Crippen LogP contribution in [0.15, 0.2) is 16.6 Å². The molecule has 0 saturated heterocycles. The Morgan fingerprint density at radius 1 is 1.58 bits per heavy atom. The topological polar surface area (TPSA) is 89.4 Å². The van der Waals surface area contributed by atoms with Gasteiger partial charge in [-0.05, 0) is 22.0 Å². The van der Waals surface area contributed by atoms with Crippen molar-refractivity contribution in [1.82, 2.24) is 0 Å². The minimum absolute atomic E-state index is 0.227. The first-order valence-corrected chi connectivity index (χ1v) is 3.74. The molecule has 12 heavy (non-hydrogen) atoms. The Hall–Kier alpha value is -1.30. The van der Waals surface area contributed by atoms with Crippen LogP contribution in [0.5, 0.6) is 5.75 Å². The molecule has 0 aromatic heterocycles. The molecule has 64 valence electrons. The summed E-state index contributed by atoms with van der Waals surface area (Å²) in [6.07, 6.45) is 0. The van der Waals surface area contributed by atoms with Gasteiger partial charge < -0.3 is 10.8 Å². The molecule has 0 unspecified atom stereocenters. The number of anilines is 1. The fourth-order valence-electron chi connectivity index (χ4n) is 0.730. The lowest BCUT2D eigenvalue weighted by atomic mass is 10.2. The van der Waals surface area contributed by atoms with Crippen molar-refractivity contribution in [1.29, 1.82) is 0 Å². The van der Waals surface area contributed by atoms with Crippen LogP contribution < -0.4 is 5.73 Å². The Labute approximate surface area is 76.1 Å². The second kappa shape index (κ2) is 2.98. The molecule has 1 rings (SSSR count). The molecule has 0 atom stereocenters. The van der Waals surface area contributed by atoms with E-state index >= 15 is 0 Å². The second-order valence-corrected chi connectivity index (χ2v) is 2.94. The first-order chi connectivity index (χ1) is 5.54. The summed E-state index contributed by atoms with van der Waals surface area (Å²) in [6.45, 7) is 0. The minimum atomic E-state index is -0.651. The number of rotatable bonds is 1. The molecular weight excluding hydrogens is 228 g/mol. The normalized spacial score (nSPS) is 9.75. The molecule has 3 N–H and O–H groups in total. The van der Waals surface area contributed by atoms with Crippen molar-refractivity contribution >= 4 is 27.3 Å². The van der Waals surface area contributed by atoms with Crippen LogP contribution in [0.25, 0.3) is 0 Å². The number of aromatic hydroxyl groups is 1. The first-order valence-electron chi connectivity index (χ1n) is 2.95. The molecule has 0 radical (unpaired) electrons. The van der Waals surface area contributed by atoms with E-state index in [1.807, 2.05) is 0 Å². The summed E-state index contributed by atoms with van der Waals surface area (Å²) >= 11 is 2.98. The Morgan fingerprint density at radius 3 is 2.67 bits per heavy atom. The lowest BCUT2D eigenvalue weighted by molar-refractivity contribution is -0.384. The predicted octanol–water partition coefficient (Wildman–Crippen LogP) is 1.65. The van der Waals surface area contributed by atoms with E-state index in [0.29, 0.717) is 4.47 Å². The van der Waals surface area contributed by atoms with Crippen molar-refractivity contribution < 1.29 is 10.0 Å².